The van der Waals surface area contributed by atoms with Crippen molar-refractivity contribution in [3.63, 3.8) is 0 Å². The van der Waals surface area contributed by atoms with E-state index >= 15 is 0 Å². The highest BCUT2D eigenvalue weighted by Crippen LogP contribution is 2.42. The van der Waals surface area contributed by atoms with E-state index in [1.165, 1.54) is 74.8 Å². The van der Waals surface area contributed by atoms with Gasteiger partial charge in [-0.1, -0.05) is 12.8 Å². The molecule has 242 valence electrons. The van der Waals surface area contributed by atoms with Gasteiger partial charge in [-0.05, 0) is 131 Å². The lowest BCUT2D eigenvalue weighted by atomic mass is 9.90. The van der Waals surface area contributed by atoms with Crippen molar-refractivity contribution in [2.24, 2.45) is 0 Å². The van der Waals surface area contributed by atoms with E-state index < -0.39 is 11.6 Å². The van der Waals surface area contributed by atoms with Gasteiger partial charge in [0, 0.05) is 44.7 Å². The van der Waals surface area contributed by atoms with Crippen LogP contribution in [0, 0.1) is 5.82 Å². The monoisotopic (exact) mass is 642 g/mol. The number of ketones is 1. The van der Waals surface area contributed by atoms with Gasteiger partial charge in [0.15, 0.2) is 17.3 Å². The molecule has 3 fully saturated rings. The van der Waals surface area contributed by atoms with Gasteiger partial charge in [-0.15, -0.1) is 11.3 Å². The highest BCUT2D eigenvalue weighted by Gasteiger charge is 2.32. The minimum absolute atomic E-state index is 0.156. The van der Waals surface area contributed by atoms with Crippen LogP contribution < -0.4 is 9.47 Å². The molecular formula is C38H43FN2O4S. The molecule has 0 bridgehead atoms. The summed E-state index contributed by atoms with van der Waals surface area (Å²) in [5, 5.41) is 10.6. The van der Waals surface area contributed by atoms with Crippen molar-refractivity contribution in [2.45, 2.75) is 69.9 Å². The molecule has 0 spiro atoms. The van der Waals surface area contributed by atoms with Crippen LogP contribution in [0.5, 0.6) is 17.2 Å². The largest absolute Gasteiger partial charge is 0.505 e. The molecule has 7 rings (SSSR count). The number of phenols is 1. The summed E-state index contributed by atoms with van der Waals surface area (Å²) in [6, 6.07) is 18.3. The molecule has 8 heteroatoms. The van der Waals surface area contributed by atoms with E-state index in [4.69, 9.17) is 9.47 Å². The Hall–Kier alpha value is -3.46. The van der Waals surface area contributed by atoms with Crippen molar-refractivity contribution in [1.29, 1.82) is 0 Å². The number of carbonyl (C=O) groups excluding carboxylic acids is 1. The number of piperidine rings is 1. The summed E-state index contributed by atoms with van der Waals surface area (Å²) in [5.74, 6) is 0.196. The van der Waals surface area contributed by atoms with E-state index in [9.17, 15) is 14.3 Å². The Kier molecular flexibility index (Phi) is 9.56. The van der Waals surface area contributed by atoms with Gasteiger partial charge in [-0.2, -0.15) is 0 Å². The first-order valence-electron chi connectivity index (χ1n) is 17.0. The van der Waals surface area contributed by atoms with Crippen molar-refractivity contribution in [3.8, 4) is 27.7 Å². The quantitative estimate of drug-likeness (QED) is 0.176. The number of fused-ring (bicyclic) bond motifs is 1. The first-order valence-corrected chi connectivity index (χ1v) is 17.8. The number of likely N-dealkylation sites (tertiary alicyclic amines) is 2. The Balaban J connectivity index is 1.11. The van der Waals surface area contributed by atoms with Gasteiger partial charge in [-0.25, -0.2) is 4.39 Å². The molecule has 3 aliphatic rings. The van der Waals surface area contributed by atoms with Crippen molar-refractivity contribution in [1.82, 2.24) is 9.80 Å². The molecule has 6 nitrogen and oxygen atoms in total. The normalized spacial score (nSPS) is 21.1. The van der Waals surface area contributed by atoms with Crippen LogP contribution in [0.2, 0.25) is 0 Å². The summed E-state index contributed by atoms with van der Waals surface area (Å²) >= 11 is 1.38. The predicted octanol–water partition coefficient (Wildman–Crippen LogP) is 8.29. The van der Waals surface area contributed by atoms with Crippen LogP contribution in [-0.2, 0) is 0 Å². The smallest absolute Gasteiger partial charge is 0.195 e. The number of phenolic OH excluding ortho intramolecular Hbond substituents is 1. The molecule has 3 aromatic carbocycles. The molecule has 1 unspecified atom stereocenters. The Bertz CT molecular complexity index is 1640. The summed E-state index contributed by atoms with van der Waals surface area (Å²) in [6.07, 6.45) is 11.2. The summed E-state index contributed by atoms with van der Waals surface area (Å²) < 4.78 is 27.9. The van der Waals surface area contributed by atoms with Gasteiger partial charge in [-0.3, -0.25) is 14.6 Å². The van der Waals surface area contributed by atoms with E-state index in [0.717, 1.165) is 61.1 Å². The molecular weight excluding hydrogens is 599 g/mol. The molecule has 1 aliphatic carbocycles. The topological polar surface area (TPSA) is 62.2 Å². The maximum Gasteiger partial charge on any atom is 0.195 e. The van der Waals surface area contributed by atoms with E-state index in [1.807, 2.05) is 48.5 Å². The number of aromatic hydroxyl groups is 1. The zero-order chi connectivity index (χ0) is 31.5. The number of thiophene rings is 1. The van der Waals surface area contributed by atoms with Crippen LogP contribution in [0.4, 0.5) is 4.39 Å². The predicted molar refractivity (Wildman–Crippen MR) is 182 cm³/mol. The van der Waals surface area contributed by atoms with E-state index in [2.05, 4.69) is 9.80 Å². The third kappa shape index (κ3) is 6.80. The van der Waals surface area contributed by atoms with Crippen LogP contribution in [0.3, 0.4) is 0 Å². The number of hydrogen-bond acceptors (Lipinski definition) is 7. The minimum Gasteiger partial charge on any atom is -0.505 e. The summed E-state index contributed by atoms with van der Waals surface area (Å²) in [7, 11) is 0. The number of benzene rings is 3. The van der Waals surface area contributed by atoms with Crippen LogP contribution in [0.25, 0.3) is 20.5 Å². The highest BCUT2D eigenvalue weighted by molar-refractivity contribution is 7.22. The molecule has 1 N–H and O–H groups in total. The maximum absolute atomic E-state index is 14.6. The van der Waals surface area contributed by atoms with Crippen molar-refractivity contribution < 1.29 is 23.8 Å². The number of ether oxygens (including phenoxy) is 2. The molecule has 0 amide bonds. The molecule has 4 aromatic rings. The minimum atomic E-state index is -0.743. The van der Waals surface area contributed by atoms with Gasteiger partial charge in [0.05, 0.1) is 0 Å². The lowest BCUT2D eigenvalue weighted by Gasteiger charge is -2.41. The molecule has 2 atom stereocenters. The third-order valence-corrected chi connectivity index (χ3v) is 11.1. The average Bonchev–Trinajstić information content (AvgIpc) is 3.74. The molecule has 46 heavy (non-hydrogen) atoms. The maximum atomic E-state index is 14.6. The van der Waals surface area contributed by atoms with E-state index in [-0.39, 0.29) is 11.9 Å². The second kappa shape index (κ2) is 14.1. The van der Waals surface area contributed by atoms with E-state index in [1.54, 1.807) is 0 Å². The Morgan fingerprint density at radius 1 is 0.848 bits per heavy atom. The number of carbonyl (C=O) groups is 1. The number of rotatable bonds is 10. The summed E-state index contributed by atoms with van der Waals surface area (Å²) in [6.45, 7) is 6.12. The van der Waals surface area contributed by atoms with E-state index in [0.29, 0.717) is 33.9 Å². The lowest BCUT2D eigenvalue weighted by molar-refractivity contribution is 0.0261. The van der Waals surface area contributed by atoms with Gasteiger partial charge in [0.25, 0.3) is 0 Å². The zero-order valence-corrected chi connectivity index (χ0v) is 27.2. The van der Waals surface area contributed by atoms with Gasteiger partial charge >= 0.3 is 0 Å². The van der Waals surface area contributed by atoms with Crippen molar-refractivity contribution >= 4 is 27.2 Å². The van der Waals surface area contributed by atoms with Crippen LogP contribution in [0.1, 0.15) is 73.7 Å². The molecule has 1 aromatic heterocycles. The Labute approximate surface area is 274 Å². The van der Waals surface area contributed by atoms with Gasteiger partial charge in [0.1, 0.15) is 24.2 Å². The number of halogens is 1. The second-order valence-corrected chi connectivity index (χ2v) is 14.0. The summed E-state index contributed by atoms with van der Waals surface area (Å²) in [4.78, 5) is 19.9. The number of hydrogen-bond donors (Lipinski definition) is 1. The molecule has 3 heterocycles. The van der Waals surface area contributed by atoms with Crippen molar-refractivity contribution in [2.75, 3.05) is 39.3 Å². The molecule has 2 saturated heterocycles. The van der Waals surface area contributed by atoms with Crippen LogP contribution >= 0.6 is 11.3 Å². The second-order valence-electron chi connectivity index (χ2n) is 13.0. The summed E-state index contributed by atoms with van der Waals surface area (Å²) in [5.41, 5.74) is 1.80. The molecule has 2 aliphatic heterocycles. The lowest BCUT2D eigenvalue weighted by Crippen LogP contribution is -2.49. The standard InChI is InChI=1S/C38H43FN2O4S/c39-31-24-30-35(25-33(31)42)46-38(27-12-14-28(15-13-27)44-23-22-40-18-6-7-19-40)36(30)37(43)26-10-16-29(17-11-26)45-34-9-3-2-8-32(34)41-20-4-1-5-21-41/h10-17,24-25,32,34,42H,1-9,18-23H2/t32?,34-/m1/s1. The van der Waals surface area contributed by atoms with Crippen LogP contribution in [0.15, 0.2) is 60.7 Å². The Morgan fingerprint density at radius 3 is 2.30 bits per heavy atom. The molecule has 0 radical (unpaired) electrons. The SMILES string of the molecule is O=C(c1ccc(O[C@@H]2CCCCC2N2CCCCC2)cc1)c1c(-c2ccc(OCCN3CCCC3)cc2)sc2cc(O)c(F)cc12. The fraction of sp³-hybridized carbons (Fsp3) is 0.447. The first-order chi connectivity index (χ1) is 22.5. The molecule has 1 saturated carbocycles. The third-order valence-electron chi connectivity index (χ3n) is 9.91. The number of nitrogens with zero attached hydrogens (tertiary/aromatic N) is 2. The van der Waals surface area contributed by atoms with Crippen LogP contribution in [-0.4, -0.2) is 72.2 Å². The fourth-order valence-electron chi connectivity index (χ4n) is 7.42. The van der Waals surface area contributed by atoms with Gasteiger partial charge in [0.2, 0.25) is 0 Å². The fourth-order valence-corrected chi connectivity index (χ4v) is 8.64. The zero-order valence-electron chi connectivity index (χ0n) is 26.4. The average molecular weight is 643 g/mol. The Morgan fingerprint density at radius 2 is 1.54 bits per heavy atom. The highest BCUT2D eigenvalue weighted by atomic mass is 32.1. The van der Waals surface area contributed by atoms with Gasteiger partial charge < -0.3 is 14.6 Å². The first kappa shape index (κ1) is 31.2. The van der Waals surface area contributed by atoms with Crippen molar-refractivity contribution in [3.05, 3.63) is 77.6 Å².